The standard InChI is InChI=1S/C32H38FN3O5S/c1-23-13-19-28(20-14-23)42(39,40)36(29-11-7-8-12-30(29)41-3)22-31(37)35(21-25-15-17-26(33)18-16-25)24(2)32(38)34-27-9-5-4-6-10-27/h7-8,11-20,24,27H,4-6,9-10,21-22H2,1-3H3,(H,34,38). The Kier molecular flexibility index (Phi) is 10.2. The minimum atomic E-state index is -4.22. The lowest BCUT2D eigenvalue weighted by molar-refractivity contribution is -0.139. The lowest BCUT2D eigenvalue weighted by atomic mass is 9.95. The zero-order valence-electron chi connectivity index (χ0n) is 24.3. The van der Waals surface area contributed by atoms with Crippen molar-refractivity contribution in [3.8, 4) is 5.75 Å². The van der Waals surface area contributed by atoms with Gasteiger partial charge < -0.3 is 15.0 Å². The first kappa shape index (κ1) is 31.0. The summed E-state index contributed by atoms with van der Waals surface area (Å²) >= 11 is 0. The average molecular weight is 596 g/mol. The van der Waals surface area contributed by atoms with Crippen molar-refractivity contribution in [3.05, 3.63) is 89.7 Å². The maximum Gasteiger partial charge on any atom is 0.264 e. The Balaban J connectivity index is 1.70. The van der Waals surface area contributed by atoms with E-state index >= 15 is 0 Å². The highest BCUT2D eigenvalue weighted by Gasteiger charge is 2.34. The van der Waals surface area contributed by atoms with E-state index in [1.54, 1.807) is 55.5 Å². The van der Waals surface area contributed by atoms with Gasteiger partial charge in [-0.2, -0.15) is 0 Å². The molecule has 4 rings (SSSR count). The Hall–Kier alpha value is -3.92. The van der Waals surface area contributed by atoms with Crippen molar-refractivity contribution in [2.75, 3.05) is 18.0 Å². The van der Waals surface area contributed by atoms with Gasteiger partial charge in [0.2, 0.25) is 11.8 Å². The molecule has 0 bridgehead atoms. The molecule has 0 saturated heterocycles. The Bertz CT molecular complexity index is 1470. The number of sulfonamides is 1. The van der Waals surface area contributed by atoms with Crippen molar-refractivity contribution in [1.29, 1.82) is 0 Å². The number of nitrogens with one attached hydrogen (secondary N) is 1. The van der Waals surface area contributed by atoms with Crippen LogP contribution in [-0.4, -0.2) is 50.9 Å². The Morgan fingerprint density at radius 2 is 1.62 bits per heavy atom. The van der Waals surface area contributed by atoms with Crippen LogP contribution in [0.4, 0.5) is 10.1 Å². The highest BCUT2D eigenvalue weighted by atomic mass is 32.2. The lowest BCUT2D eigenvalue weighted by Gasteiger charge is -2.33. The van der Waals surface area contributed by atoms with Gasteiger partial charge in [0.15, 0.2) is 0 Å². The number of anilines is 1. The molecule has 2 amide bonds. The van der Waals surface area contributed by atoms with Crippen LogP contribution in [0.1, 0.15) is 50.2 Å². The average Bonchev–Trinajstić information content (AvgIpc) is 2.99. The first-order chi connectivity index (χ1) is 20.1. The summed E-state index contributed by atoms with van der Waals surface area (Å²) in [6, 6.07) is 17.7. The molecule has 1 fully saturated rings. The number of rotatable bonds is 11. The van der Waals surface area contributed by atoms with Gasteiger partial charge in [-0.05, 0) is 68.7 Å². The molecule has 10 heteroatoms. The third-order valence-electron chi connectivity index (χ3n) is 7.63. The number of hydrogen-bond donors (Lipinski definition) is 1. The molecule has 0 spiro atoms. The van der Waals surface area contributed by atoms with E-state index in [2.05, 4.69) is 5.32 Å². The van der Waals surface area contributed by atoms with Crippen molar-refractivity contribution in [2.24, 2.45) is 0 Å². The summed E-state index contributed by atoms with van der Waals surface area (Å²) in [5, 5.41) is 3.07. The molecule has 1 saturated carbocycles. The molecule has 0 aromatic heterocycles. The number of halogens is 1. The quantitative estimate of drug-likeness (QED) is 0.329. The highest BCUT2D eigenvalue weighted by Crippen LogP contribution is 2.32. The molecule has 0 heterocycles. The van der Waals surface area contributed by atoms with Crippen LogP contribution in [0, 0.1) is 12.7 Å². The van der Waals surface area contributed by atoms with E-state index in [1.807, 2.05) is 6.92 Å². The molecule has 1 atom stereocenters. The van der Waals surface area contributed by atoms with Crippen LogP contribution in [-0.2, 0) is 26.2 Å². The SMILES string of the molecule is COc1ccccc1N(CC(=O)N(Cc1ccc(F)cc1)C(C)C(=O)NC1CCCCC1)S(=O)(=O)c1ccc(C)cc1. The van der Waals surface area contributed by atoms with E-state index in [9.17, 15) is 22.4 Å². The lowest BCUT2D eigenvalue weighted by Crippen LogP contribution is -2.53. The molecule has 1 unspecified atom stereocenters. The number of methoxy groups -OCH3 is 1. The molecule has 224 valence electrons. The van der Waals surface area contributed by atoms with Gasteiger partial charge in [-0.3, -0.25) is 13.9 Å². The maximum atomic E-state index is 14.1. The van der Waals surface area contributed by atoms with E-state index in [0.29, 0.717) is 5.56 Å². The largest absolute Gasteiger partial charge is 0.495 e. The fraction of sp³-hybridized carbons (Fsp3) is 0.375. The third kappa shape index (κ3) is 7.47. The van der Waals surface area contributed by atoms with E-state index < -0.39 is 34.3 Å². The summed E-state index contributed by atoms with van der Waals surface area (Å²) in [5.74, 6) is -1.06. The molecule has 1 aliphatic carbocycles. The van der Waals surface area contributed by atoms with Gasteiger partial charge in [-0.1, -0.05) is 61.2 Å². The Morgan fingerprint density at radius 3 is 2.26 bits per heavy atom. The van der Waals surface area contributed by atoms with Crippen molar-refractivity contribution in [1.82, 2.24) is 10.2 Å². The highest BCUT2D eigenvalue weighted by molar-refractivity contribution is 7.92. The van der Waals surface area contributed by atoms with Gasteiger partial charge in [-0.25, -0.2) is 12.8 Å². The van der Waals surface area contributed by atoms with Crippen LogP contribution in [0.2, 0.25) is 0 Å². The van der Waals surface area contributed by atoms with Crippen LogP contribution < -0.4 is 14.4 Å². The normalized spacial score (nSPS) is 14.6. The van der Waals surface area contributed by atoms with Gasteiger partial charge in [0, 0.05) is 12.6 Å². The molecular formula is C32H38FN3O5S. The van der Waals surface area contributed by atoms with Gasteiger partial charge in [-0.15, -0.1) is 0 Å². The van der Waals surface area contributed by atoms with Crippen molar-refractivity contribution >= 4 is 27.5 Å². The third-order valence-corrected chi connectivity index (χ3v) is 9.40. The molecular weight excluding hydrogens is 557 g/mol. The van der Waals surface area contributed by atoms with Crippen LogP contribution in [0.15, 0.2) is 77.7 Å². The maximum absolute atomic E-state index is 14.1. The predicted octanol–water partition coefficient (Wildman–Crippen LogP) is 5.20. The molecule has 1 N–H and O–H groups in total. The zero-order chi connectivity index (χ0) is 30.3. The Morgan fingerprint density at radius 1 is 0.976 bits per heavy atom. The number of nitrogens with zero attached hydrogens (tertiary/aromatic N) is 2. The van der Waals surface area contributed by atoms with E-state index in [-0.39, 0.29) is 34.8 Å². The second-order valence-electron chi connectivity index (χ2n) is 10.7. The van der Waals surface area contributed by atoms with E-state index in [0.717, 1.165) is 42.0 Å². The first-order valence-electron chi connectivity index (χ1n) is 14.2. The second-order valence-corrected chi connectivity index (χ2v) is 12.5. The topological polar surface area (TPSA) is 96.0 Å². The van der Waals surface area contributed by atoms with Crippen molar-refractivity contribution < 1.29 is 27.1 Å². The zero-order valence-corrected chi connectivity index (χ0v) is 25.1. The van der Waals surface area contributed by atoms with E-state index in [4.69, 9.17) is 4.74 Å². The summed E-state index contributed by atoms with van der Waals surface area (Å²) in [7, 11) is -2.80. The van der Waals surface area contributed by atoms with Crippen molar-refractivity contribution in [3.63, 3.8) is 0 Å². The summed E-state index contributed by atoms with van der Waals surface area (Å²) in [4.78, 5) is 28.8. The van der Waals surface area contributed by atoms with Gasteiger partial charge in [0.05, 0.1) is 17.7 Å². The first-order valence-corrected chi connectivity index (χ1v) is 15.6. The van der Waals surface area contributed by atoms with Gasteiger partial charge in [0.25, 0.3) is 10.0 Å². The number of ether oxygens (including phenoxy) is 1. The number of hydrogen-bond acceptors (Lipinski definition) is 5. The molecule has 3 aromatic carbocycles. The molecule has 0 aliphatic heterocycles. The number of aryl methyl sites for hydroxylation is 1. The van der Waals surface area contributed by atoms with Crippen LogP contribution in [0.3, 0.4) is 0 Å². The van der Waals surface area contributed by atoms with Crippen LogP contribution in [0.25, 0.3) is 0 Å². The predicted molar refractivity (Wildman–Crippen MR) is 160 cm³/mol. The van der Waals surface area contributed by atoms with E-state index in [1.165, 1.54) is 36.3 Å². The molecule has 0 radical (unpaired) electrons. The summed E-state index contributed by atoms with van der Waals surface area (Å²) < 4.78 is 48.2. The number of carbonyl (C=O) groups excluding carboxylic acids is 2. The van der Waals surface area contributed by atoms with Gasteiger partial charge >= 0.3 is 0 Å². The summed E-state index contributed by atoms with van der Waals surface area (Å²) in [6.45, 7) is 2.88. The smallest absolute Gasteiger partial charge is 0.264 e. The van der Waals surface area contributed by atoms with Crippen molar-refractivity contribution in [2.45, 2.75) is 69.5 Å². The number of benzene rings is 3. The molecule has 3 aromatic rings. The molecule has 42 heavy (non-hydrogen) atoms. The molecule has 8 nitrogen and oxygen atoms in total. The second kappa shape index (κ2) is 13.8. The monoisotopic (exact) mass is 595 g/mol. The van der Waals surface area contributed by atoms with Gasteiger partial charge in [0.1, 0.15) is 24.2 Å². The Labute approximate surface area is 247 Å². The number of carbonyl (C=O) groups is 2. The summed E-state index contributed by atoms with van der Waals surface area (Å²) in [5.41, 5.74) is 1.68. The number of para-hydroxylation sites is 2. The number of amides is 2. The minimum absolute atomic E-state index is 0.0112. The fourth-order valence-corrected chi connectivity index (χ4v) is 6.55. The summed E-state index contributed by atoms with van der Waals surface area (Å²) in [6.07, 6.45) is 4.94. The van der Waals surface area contributed by atoms with Crippen LogP contribution in [0.5, 0.6) is 5.75 Å². The fourth-order valence-electron chi connectivity index (χ4n) is 5.12. The van der Waals surface area contributed by atoms with Crippen LogP contribution >= 0.6 is 0 Å². The molecule has 1 aliphatic rings. The minimum Gasteiger partial charge on any atom is -0.495 e.